The van der Waals surface area contributed by atoms with Crippen molar-refractivity contribution in [2.75, 3.05) is 45.8 Å². The average molecular weight is 358 g/mol. The molecule has 2 aromatic rings. The van der Waals surface area contributed by atoms with Crippen LogP contribution in [0.4, 0.5) is 5.69 Å². The van der Waals surface area contributed by atoms with Crippen molar-refractivity contribution < 1.29 is 19.0 Å². The van der Waals surface area contributed by atoms with Crippen molar-refractivity contribution in [3.8, 4) is 17.2 Å². The van der Waals surface area contributed by atoms with Crippen LogP contribution in [0.15, 0.2) is 48.5 Å². The van der Waals surface area contributed by atoms with Crippen molar-refractivity contribution >= 4 is 11.6 Å². The van der Waals surface area contributed by atoms with Gasteiger partial charge in [0.05, 0.1) is 20.8 Å². The molecule has 1 amide bonds. The van der Waals surface area contributed by atoms with Crippen molar-refractivity contribution in [3.05, 3.63) is 48.5 Å². The van der Waals surface area contributed by atoms with E-state index in [1.807, 2.05) is 60.4 Å². The van der Waals surface area contributed by atoms with Crippen LogP contribution in [0.2, 0.25) is 0 Å². The second kappa shape index (κ2) is 10.3. The van der Waals surface area contributed by atoms with Crippen LogP contribution in [-0.4, -0.2) is 51.3 Å². The number of rotatable bonds is 10. The Morgan fingerprint density at radius 3 is 2.00 bits per heavy atom. The predicted molar refractivity (Wildman–Crippen MR) is 102 cm³/mol. The molecule has 2 rings (SSSR count). The molecule has 26 heavy (non-hydrogen) atoms. The summed E-state index contributed by atoms with van der Waals surface area (Å²) in [4.78, 5) is 14.2. The molecular formula is C20H26N2O4. The molecule has 0 aliphatic heterocycles. The highest BCUT2D eigenvalue weighted by Crippen LogP contribution is 2.17. The lowest BCUT2D eigenvalue weighted by atomic mass is 10.3. The maximum Gasteiger partial charge on any atom is 0.238 e. The number of methoxy groups -OCH3 is 2. The number of nitrogens with one attached hydrogen (secondary N) is 1. The van der Waals surface area contributed by atoms with Gasteiger partial charge in [0.1, 0.15) is 23.9 Å². The van der Waals surface area contributed by atoms with Gasteiger partial charge in [0, 0.05) is 12.2 Å². The fraction of sp³-hybridized carbons (Fsp3) is 0.350. The molecule has 0 heterocycles. The van der Waals surface area contributed by atoms with Crippen LogP contribution in [0.1, 0.15) is 6.92 Å². The zero-order valence-corrected chi connectivity index (χ0v) is 15.5. The maximum absolute atomic E-state index is 12.2. The Kier molecular flexibility index (Phi) is 7.76. The third-order valence-corrected chi connectivity index (χ3v) is 3.92. The lowest BCUT2D eigenvalue weighted by molar-refractivity contribution is -0.117. The van der Waals surface area contributed by atoms with Crippen LogP contribution in [-0.2, 0) is 4.79 Å². The number of benzene rings is 2. The Balaban J connectivity index is 1.75. The highest BCUT2D eigenvalue weighted by Gasteiger charge is 2.10. The highest BCUT2D eigenvalue weighted by molar-refractivity contribution is 5.92. The number of hydrogen-bond acceptors (Lipinski definition) is 5. The number of amides is 1. The van der Waals surface area contributed by atoms with Gasteiger partial charge in [0.25, 0.3) is 0 Å². The summed E-state index contributed by atoms with van der Waals surface area (Å²) in [6.45, 7) is 4.28. The van der Waals surface area contributed by atoms with Gasteiger partial charge in [-0.05, 0) is 55.1 Å². The Bertz CT molecular complexity index is 671. The van der Waals surface area contributed by atoms with Crippen LogP contribution in [0.25, 0.3) is 0 Å². The molecule has 1 N–H and O–H groups in total. The molecular weight excluding hydrogens is 332 g/mol. The molecule has 0 fully saturated rings. The predicted octanol–water partition coefficient (Wildman–Crippen LogP) is 3.04. The van der Waals surface area contributed by atoms with E-state index in [4.69, 9.17) is 14.2 Å². The van der Waals surface area contributed by atoms with Crippen molar-refractivity contribution in [2.24, 2.45) is 0 Å². The van der Waals surface area contributed by atoms with E-state index < -0.39 is 0 Å². The second-order valence-corrected chi connectivity index (χ2v) is 5.67. The Labute approximate surface area is 154 Å². The monoisotopic (exact) mass is 358 g/mol. The number of carbonyl (C=O) groups excluding carboxylic acids is 1. The molecule has 6 heteroatoms. The quantitative estimate of drug-likeness (QED) is 0.707. The minimum Gasteiger partial charge on any atom is -0.497 e. The van der Waals surface area contributed by atoms with Crippen LogP contribution in [0.5, 0.6) is 17.2 Å². The van der Waals surface area contributed by atoms with Gasteiger partial charge in [0.15, 0.2) is 0 Å². The zero-order chi connectivity index (χ0) is 18.8. The van der Waals surface area contributed by atoms with E-state index in [2.05, 4.69) is 5.32 Å². The summed E-state index contributed by atoms with van der Waals surface area (Å²) >= 11 is 0. The number of anilines is 1. The lowest BCUT2D eigenvalue weighted by Crippen LogP contribution is -2.35. The highest BCUT2D eigenvalue weighted by atomic mass is 16.5. The topological polar surface area (TPSA) is 60.0 Å². The standard InChI is InChI=1S/C20H26N2O4/c1-4-22(13-14-26-19-11-9-18(25-3)10-12-19)15-20(23)21-16-5-7-17(24-2)8-6-16/h5-12H,4,13-15H2,1-3H3,(H,21,23). The molecule has 0 aromatic heterocycles. The summed E-state index contributed by atoms with van der Waals surface area (Å²) in [6.07, 6.45) is 0. The van der Waals surface area contributed by atoms with Gasteiger partial charge in [-0.25, -0.2) is 0 Å². The minimum absolute atomic E-state index is 0.0542. The molecule has 0 saturated carbocycles. The summed E-state index contributed by atoms with van der Waals surface area (Å²) in [5, 5.41) is 2.89. The van der Waals surface area contributed by atoms with Crippen LogP contribution in [0.3, 0.4) is 0 Å². The Morgan fingerprint density at radius 1 is 0.923 bits per heavy atom. The van der Waals surface area contributed by atoms with Crippen molar-refractivity contribution in [1.29, 1.82) is 0 Å². The van der Waals surface area contributed by atoms with E-state index in [9.17, 15) is 4.79 Å². The van der Waals surface area contributed by atoms with Gasteiger partial charge < -0.3 is 19.5 Å². The molecule has 0 bridgehead atoms. The first-order valence-electron chi connectivity index (χ1n) is 8.57. The van der Waals surface area contributed by atoms with Gasteiger partial charge in [-0.15, -0.1) is 0 Å². The van der Waals surface area contributed by atoms with Crippen molar-refractivity contribution in [1.82, 2.24) is 4.90 Å². The lowest BCUT2D eigenvalue weighted by Gasteiger charge is -2.20. The zero-order valence-electron chi connectivity index (χ0n) is 15.5. The number of likely N-dealkylation sites (N-methyl/N-ethyl adjacent to an activating group) is 1. The third kappa shape index (κ3) is 6.29. The Morgan fingerprint density at radius 2 is 1.46 bits per heavy atom. The molecule has 2 aromatic carbocycles. The number of hydrogen-bond donors (Lipinski definition) is 1. The summed E-state index contributed by atoms with van der Waals surface area (Å²) in [7, 11) is 3.24. The summed E-state index contributed by atoms with van der Waals surface area (Å²) in [5.41, 5.74) is 0.751. The largest absolute Gasteiger partial charge is 0.497 e. The molecule has 0 aliphatic carbocycles. The van der Waals surface area contributed by atoms with E-state index in [1.165, 1.54) is 0 Å². The molecule has 0 saturated heterocycles. The Hall–Kier alpha value is -2.73. The molecule has 0 radical (unpaired) electrons. The number of nitrogens with zero attached hydrogens (tertiary/aromatic N) is 1. The van der Waals surface area contributed by atoms with Crippen molar-refractivity contribution in [2.45, 2.75) is 6.92 Å². The third-order valence-electron chi connectivity index (χ3n) is 3.92. The van der Waals surface area contributed by atoms with Crippen LogP contribution >= 0.6 is 0 Å². The molecule has 140 valence electrons. The van der Waals surface area contributed by atoms with E-state index in [-0.39, 0.29) is 5.91 Å². The van der Waals surface area contributed by atoms with Gasteiger partial charge >= 0.3 is 0 Å². The smallest absolute Gasteiger partial charge is 0.238 e. The first-order chi connectivity index (χ1) is 12.6. The SMILES string of the molecule is CCN(CCOc1ccc(OC)cc1)CC(=O)Nc1ccc(OC)cc1. The first-order valence-corrected chi connectivity index (χ1v) is 8.57. The van der Waals surface area contributed by atoms with Gasteiger partial charge in [-0.1, -0.05) is 6.92 Å². The van der Waals surface area contributed by atoms with E-state index in [1.54, 1.807) is 14.2 Å². The fourth-order valence-corrected chi connectivity index (χ4v) is 2.39. The van der Waals surface area contributed by atoms with Crippen LogP contribution in [0, 0.1) is 0 Å². The normalized spacial score (nSPS) is 10.5. The summed E-state index contributed by atoms with van der Waals surface area (Å²) < 4.78 is 15.9. The minimum atomic E-state index is -0.0542. The molecule has 0 unspecified atom stereocenters. The van der Waals surface area contributed by atoms with E-state index in [0.717, 1.165) is 29.5 Å². The van der Waals surface area contributed by atoms with Gasteiger partial charge in [-0.2, -0.15) is 0 Å². The molecule has 0 atom stereocenters. The van der Waals surface area contributed by atoms with Gasteiger partial charge in [-0.3, -0.25) is 9.69 Å². The fourth-order valence-electron chi connectivity index (χ4n) is 2.39. The van der Waals surface area contributed by atoms with E-state index in [0.29, 0.717) is 19.7 Å². The maximum atomic E-state index is 12.2. The first kappa shape index (κ1) is 19.6. The van der Waals surface area contributed by atoms with Crippen LogP contribution < -0.4 is 19.5 Å². The van der Waals surface area contributed by atoms with E-state index >= 15 is 0 Å². The molecule has 0 aliphatic rings. The second-order valence-electron chi connectivity index (χ2n) is 5.67. The van der Waals surface area contributed by atoms with Crippen molar-refractivity contribution in [3.63, 3.8) is 0 Å². The number of ether oxygens (including phenoxy) is 3. The summed E-state index contributed by atoms with van der Waals surface area (Å²) in [5.74, 6) is 2.28. The average Bonchev–Trinajstić information content (AvgIpc) is 2.68. The van der Waals surface area contributed by atoms with Gasteiger partial charge in [0.2, 0.25) is 5.91 Å². The molecule has 6 nitrogen and oxygen atoms in total. The number of carbonyl (C=O) groups is 1. The molecule has 0 spiro atoms. The summed E-state index contributed by atoms with van der Waals surface area (Å²) in [6, 6.07) is 14.7.